The zero-order chi connectivity index (χ0) is 10.7. The molecule has 0 fully saturated rings. The lowest BCUT2D eigenvalue weighted by atomic mass is 10.1. The van der Waals surface area contributed by atoms with Gasteiger partial charge in [0.2, 0.25) is 0 Å². The number of hydrogen-bond acceptors (Lipinski definition) is 4. The van der Waals surface area contributed by atoms with Crippen molar-refractivity contribution in [3.63, 3.8) is 0 Å². The van der Waals surface area contributed by atoms with Gasteiger partial charge in [-0.1, -0.05) is 6.07 Å². The molecule has 2 aromatic rings. The van der Waals surface area contributed by atoms with Gasteiger partial charge in [0.1, 0.15) is 12.1 Å². The van der Waals surface area contributed by atoms with Crippen LogP contribution in [0.1, 0.15) is 11.1 Å². The first-order valence-electron chi connectivity index (χ1n) is 4.18. The number of aromatic nitrogens is 1. The van der Waals surface area contributed by atoms with Gasteiger partial charge in [-0.3, -0.25) is 4.98 Å². The van der Waals surface area contributed by atoms with E-state index in [4.69, 9.17) is 10.5 Å². The Morgan fingerprint density at radius 3 is 2.53 bits per heavy atom. The van der Waals surface area contributed by atoms with Crippen molar-refractivity contribution in [3.05, 3.63) is 41.0 Å². The molecule has 1 heterocycles. The van der Waals surface area contributed by atoms with Crippen LogP contribution in [-0.2, 0) is 0 Å². The smallest absolute Gasteiger partial charge is 0.101 e. The first-order chi connectivity index (χ1) is 7.35. The molecule has 3 nitrogen and oxygen atoms in total. The quantitative estimate of drug-likeness (QED) is 0.728. The summed E-state index contributed by atoms with van der Waals surface area (Å²) in [5, 5.41) is 17.6. The van der Waals surface area contributed by atoms with E-state index in [9.17, 15) is 0 Å². The highest BCUT2D eigenvalue weighted by Crippen LogP contribution is 2.25. The molecule has 0 spiro atoms. The summed E-state index contributed by atoms with van der Waals surface area (Å²) in [4.78, 5) is 4.96. The third kappa shape index (κ3) is 1.71. The van der Waals surface area contributed by atoms with Gasteiger partial charge in [0.05, 0.1) is 21.5 Å². The van der Waals surface area contributed by atoms with E-state index < -0.39 is 0 Å². The molecular formula is C11H5N3S. The third-order valence-electron chi connectivity index (χ3n) is 1.98. The Balaban J connectivity index is 2.56. The largest absolute Gasteiger partial charge is 0.252 e. The molecule has 0 aliphatic heterocycles. The highest BCUT2D eigenvalue weighted by Gasteiger charge is 2.05. The number of thiazole rings is 1. The second kappa shape index (κ2) is 3.91. The lowest BCUT2D eigenvalue weighted by Crippen LogP contribution is -1.84. The molecular weight excluding hydrogens is 206 g/mol. The van der Waals surface area contributed by atoms with E-state index in [2.05, 4.69) is 4.98 Å². The average Bonchev–Trinajstić information content (AvgIpc) is 2.81. The van der Waals surface area contributed by atoms with Crippen LogP contribution >= 0.6 is 11.3 Å². The number of benzene rings is 1. The molecule has 0 amide bonds. The van der Waals surface area contributed by atoms with Crippen molar-refractivity contribution in [2.45, 2.75) is 0 Å². The van der Waals surface area contributed by atoms with Gasteiger partial charge in [0, 0.05) is 6.20 Å². The minimum Gasteiger partial charge on any atom is -0.252 e. The van der Waals surface area contributed by atoms with Crippen LogP contribution in [0, 0.1) is 22.7 Å². The summed E-state index contributed by atoms with van der Waals surface area (Å²) in [6, 6.07) is 9.20. The van der Waals surface area contributed by atoms with Crippen LogP contribution in [0.25, 0.3) is 10.4 Å². The van der Waals surface area contributed by atoms with Gasteiger partial charge in [-0.05, 0) is 17.7 Å². The Kier molecular flexibility index (Phi) is 2.45. The predicted molar refractivity (Wildman–Crippen MR) is 57.0 cm³/mol. The molecule has 0 saturated heterocycles. The summed E-state index contributed by atoms with van der Waals surface area (Å²) in [7, 11) is 0. The summed E-state index contributed by atoms with van der Waals surface area (Å²) < 4.78 is 0. The minimum atomic E-state index is 0.406. The van der Waals surface area contributed by atoms with Crippen LogP contribution in [0.3, 0.4) is 0 Å². The summed E-state index contributed by atoms with van der Waals surface area (Å²) >= 11 is 1.51. The van der Waals surface area contributed by atoms with E-state index >= 15 is 0 Å². The predicted octanol–water partition coefficient (Wildman–Crippen LogP) is 2.55. The Morgan fingerprint density at radius 2 is 1.93 bits per heavy atom. The van der Waals surface area contributed by atoms with Gasteiger partial charge < -0.3 is 0 Å². The van der Waals surface area contributed by atoms with E-state index in [-0.39, 0.29) is 0 Å². The van der Waals surface area contributed by atoms with Crippen LogP contribution < -0.4 is 0 Å². The highest BCUT2D eigenvalue weighted by molar-refractivity contribution is 7.13. The van der Waals surface area contributed by atoms with Gasteiger partial charge in [0.15, 0.2) is 0 Å². The number of rotatable bonds is 1. The zero-order valence-electron chi connectivity index (χ0n) is 7.64. The monoisotopic (exact) mass is 211 g/mol. The maximum Gasteiger partial charge on any atom is 0.101 e. The molecule has 15 heavy (non-hydrogen) atoms. The molecule has 1 aromatic carbocycles. The van der Waals surface area contributed by atoms with Gasteiger partial charge in [-0.15, -0.1) is 11.3 Å². The van der Waals surface area contributed by atoms with E-state index in [0.29, 0.717) is 11.1 Å². The molecule has 2 rings (SSSR count). The fourth-order valence-corrected chi connectivity index (χ4v) is 1.87. The van der Waals surface area contributed by atoms with Crippen LogP contribution in [-0.4, -0.2) is 4.98 Å². The molecule has 0 unspecified atom stereocenters. The normalized spacial score (nSPS) is 9.20. The maximum atomic E-state index is 8.86. The van der Waals surface area contributed by atoms with E-state index in [1.54, 1.807) is 23.8 Å². The first-order valence-corrected chi connectivity index (χ1v) is 5.06. The molecule has 0 N–H and O–H groups in total. The van der Waals surface area contributed by atoms with Gasteiger partial charge in [-0.2, -0.15) is 10.5 Å². The molecule has 0 aliphatic rings. The van der Waals surface area contributed by atoms with Crippen molar-refractivity contribution in [1.82, 2.24) is 4.98 Å². The van der Waals surface area contributed by atoms with Crippen LogP contribution in [0.15, 0.2) is 29.9 Å². The Labute approximate surface area is 90.9 Å². The summed E-state index contributed by atoms with van der Waals surface area (Å²) in [5.41, 5.74) is 3.47. The second-order valence-corrected chi connectivity index (χ2v) is 3.74. The van der Waals surface area contributed by atoms with Crippen LogP contribution in [0.2, 0.25) is 0 Å². The van der Waals surface area contributed by atoms with Crippen molar-refractivity contribution >= 4 is 11.3 Å². The Hall–Kier alpha value is -2.17. The zero-order valence-corrected chi connectivity index (χ0v) is 8.45. The van der Waals surface area contributed by atoms with Crippen molar-refractivity contribution in [3.8, 4) is 22.6 Å². The van der Waals surface area contributed by atoms with E-state index in [1.807, 2.05) is 18.2 Å². The lowest BCUT2D eigenvalue weighted by molar-refractivity contribution is 1.41. The van der Waals surface area contributed by atoms with Gasteiger partial charge in [-0.25, -0.2) is 0 Å². The standard InChI is InChI=1S/C11H5N3S/c12-4-9-2-1-8(3-10(9)5-13)11-6-14-7-15-11/h1-3,6-7H. The molecule has 4 heteroatoms. The summed E-state index contributed by atoms with van der Waals surface area (Å²) in [6.45, 7) is 0. The number of hydrogen-bond donors (Lipinski definition) is 0. The molecule has 0 radical (unpaired) electrons. The summed E-state index contributed by atoms with van der Waals surface area (Å²) in [6.07, 6.45) is 1.74. The lowest BCUT2D eigenvalue weighted by Gasteiger charge is -1.98. The number of nitrogens with zero attached hydrogens (tertiary/aromatic N) is 3. The van der Waals surface area contributed by atoms with Crippen molar-refractivity contribution in [1.29, 1.82) is 10.5 Å². The van der Waals surface area contributed by atoms with Crippen LogP contribution in [0.5, 0.6) is 0 Å². The third-order valence-corrected chi connectivity index (χ3v) is 2.80. The molecule has 0 bridgehead atoms. The fourth-order valence-electron chi connectivity index (χ4n) is 1.25. The Bertz CT molecular complexity index is 559. The molecule has 0 atom stereocenters. The highest BCUT2D eigenvalue weighted by atomic mass is 32.1. The maximum absolute atomic E-state index is 8.86. The molecule has 0 aliphatic carbocycles. The van der Waals surface area contributed by atoms with Gasteiger partial charge >= 0.3 is 0 Å². The fraction of sp³-hybridized carbons (Fsp3) is 0. The average molecular weight is 211 g/mol. The topological polar surface area (TPSA) is 60.5 Å². The van der Waals surface area contributed by atoms with Crippen LogP contribution in [0.4, 0.5) is 0 Å². The Morgan fingerprint density at radius 1 is 1.13 bits per heavy atom. The van der Waals surface area contributed by atoms with E-state index in [1.165, 1.54) is 11.3 Å². The van der Waals surface area contributed by atoms with Gasteiger partial charge in [0.25, 0.3) is 0 Å². The molecule has 0 saturated carbocycles. The summed E-state index contributed by atoms with van der Waals surface area (Å²) in [5.74, 6) is 0. The van der Waals surface area contributed by atoms with Crippen molar-refractivity contribution in [2.24, 2.45) is 0 Å². The molecule has 70 valence electrons. The second-order valence-electron chi connectivity index (χ2n) is 2.85. The van der Waals surface area contributed by atoms with E-state index in [0.717, 1.165) is 10.4 Å². The minimum absolute atomic E-state index is 0.406. The SMILES string of the molecule is N#Cc1ccc(-c2cncs2)cc1C#N. The first kappa shape index (κ1) is 9.39. The molecule has 1 aromatic heterocycles. The van der Waals surface area contributed by atoms with Crippen molar-refractivity contribution in [2.75, 3.05) is 0 Å². The number of nitriles is 2. The van der Waals surface area contributed by atoms with Crippen molar-refractivity contribution < 1.29 is 0 Å².